The fraction of sp³-hybridized carbons (Fsp3) is 0.556. The maximum absolute atomic E-state index is 5.87. The summed E-state index contributed by atoms with van der Waals surface area (Å²) in [5.41, 5.74) is 5.05. The third-order valence-corrected chi connectivity index (χ3v) is 8.30. The topological polar surface area (TPSA) is 27.7 Å². The summed E-state index contributed by atoms with van der Waals surface area (Å²) in [6.45, 7) is 13.5. The molecule has 1 aliphatic rings. The Labute approximate surface area is 225 Å². The van der Waals surface area contributed by atoms with Crippen LogP contribution < -0.4 is 28.8 Å². The number of nitrogens with zero attached hydrogens (tertiary/aromatic N) is 2. The number of benzene rings is 2. The first kappa shape index (κ1) is 28.1. The fourth-order valence-electron chi connectivity index (χ4n) is 4.25. The van der Waals surface area contributed by atoms with Gasteiger partial charge in [0.05, 0.1) is 0 Å². The molecule has 0 radical (unpaired) electrons. The van der Waals surface area contributed by atoms with Crippen LogP contribution >= 0.6 is 24.0 Å². The number of rotatable bonds is 13. The molecule has 1 N–H and O–H groups in total. The Balaban J connectivity index is 0.00000385. The average Bonchev–Trinajstić information content (AvgIpc) is 2.81. The summed E-state index contributed by atoms with van der Waals surface area (Å²) < 4.78 is 8.70. The van der Waals surface area contributed by atoms with Crippen LogP contribution in [0.4, 0.5) is 22.7 Å². The van der Waals surface area contributed by atoms with E-state index in [0.29, 0.717) is 0 Å². The molecule has 0 aromatic heterocycles. The van der Waals surface area contributed by atoms with E-state index < -0.39 is 0 Å². The summed E-state index contributed by atoms with van der Waals surface area (Å²) in [5, 5.41) is 3.70. The maximum Gasteiger partial charge on any atom is -0.107 e. The van der Waals surface area contributed by atoms with Crippen molar-refractivity contribution >= 4 is 70.6 Å². The molecule has 0 amide bonds. The van der Waals surface area contributed by atoms with E-state index in [1.165, 1.54) is 64.5 Å². The summed E-state index contributed by atoms with van der Waals surface area (Å²) >= 11 is 0.250. The first-order valence-corrected chi connectivity index (χ1v) is 14.2. The summed E-state index contributed by atoms with van der Waals surface area (Å²) in [6, 6.07) is 11.6. The van der Waals surface area contributed by atoms with Crippen molar-refractivity contribution < 1.29 is 4.74 Å². The van der Waals surface area contributed by atoms with Crippen LogP contribution in [0.15, 0.2) is 30.3 Å². The Morgan fingerprint density at radius 2 is 1.36 bits per heavy atom. The number of anilines is 4. The standard InChI is InChI=1S/C27H41N3OSe.HI/c1-6-10-16-30(17-11-7-2)22-18-24(31-5)27-26(20-22)32-25-19-21(12-13-23(25)28-27)29(14-8-3)15-9-4;/h12-13,18-20,28H,6-11,14-17H2,1-5H3;1H. The van der Waals surface area contributed by atoms with Crippen molar-refractivity contribution in [3.05, 3.63) is 30.3 Å². The van der Waals surface area contributed by atoms with E-state index in [0.717, 1.165) is 37.6 Å². The van der Waals surface area contributed by atoms with Crippen LogP contribution in [0.5, 0.6) is 5.75 Å². The molecule has 184 valence electrons. The second kappa shape index (κ2) is 14.3. The molecule has 4 nitrogen and oxygen atoms in total. The number of hydrogen-bond donors (Lipinski definition) is 1. The maximum atomic E-state index is 5.87. The van der Waals surface area contributed by atoms with E-state index in [9.17, 15) is 0 Å². The third kappa shape index (κ3) is 7.19. The van der Waals surface area contributed by atoms with Crippen molar-refractivity contribution in [1.82, 2.24) is 0 Å². The Morgan fingerprint density at radius 3 is 1.94 bits per heavy atom. The second-order valence-electron chi connectivity index (χ2n) is 8.61. The van der Waals surface area contributed by atoms with Gasteiger partial charge in [-0.1, -0.05) is 0 Å². The van der Waals surface area contributed by atoms with Crippen LogP contribution in [-0.4, -0.2) is 48.2 Å². The van der Waals surface area contributed by atoms with Crippen LogP contribution in [0.2, 0.25) is 0 Å². The average molecular weight is 631 g/mol. The zero-order chi connectivity index (χ0) is 22.9. The number of methoxy groups -OCH3 is 1. The molecule has 0 atom stereocenters. The van der Waals surface area contributed by atoms with Crippen LogP contribution in [0.3, 0.4) is 0 Å². The van der Waals surface area contributed by atoms with E-state index in [2.05, 4.69) is 73.1 Å². The number of ether oxygens (including phenoxy) is 1. The minimum absolute atomic E-state index is 0. The van der Waals surface area contributed by atoms with E-state index in [-0.39, 0.29) is 38.9 Å². The van der Waals surface area contributed by atoms with Crippen molar-refractivity contribution in [1.29, 1.82) is 0 Å². The predicted octanol–water partition coefficient (Wildman–Crippen LogP) is 6.06. The number of fused-ring (bicyclic) bond motifs is 2. The largest absolute Gasteiger partial charge is 0.107 e. The number of hydrogen-bond acceptors (Lipinski definition) is 4. The Morgan fingerprint density at radius 1 is 0.758 bits per heavy atom. The molecule has 0 spiro atoms. The molecular formula is C27H42IN3OSe. The monoisotopic (exact) mass is 631 g/mol. The molecule has 2 aromatic carbocycles. The normalized spacial score (nSPS) is 11.7. The summed E-state index contributed by atoms with van der Waals surface area (Å²) in [5.74, 6) is 0.964. The van der Waals surface area contributed by atoms with Gasteiger partial charge in [0.2, 0.25) is 0 Å². The van der Waals surface area contributed by atoms with E-state index in [1.807, 2.05) is 0 Å². The Hall–Kier alpha value is -1.11. The van der Waals surface area contributed by atoms with E-state index in [4.69, 9.17) is 4.74 Å². The molecule has 33 heavy (non-hydrogen) atoms. The third-order valence-electron chi connectivity index (χ3n) is 6.00. The molecule has 6 heteroatoms. The quantitative estimate of drug-likeness (QED) is 0.184. The van der Waals surface area contributed by atoms with Gasteiger partial charge in [-0.3, -0.25) is 0 Å². The predicted molar refractivity (Wildman–Crippen MR) is 158 cm³/mol. The van der Waals surface area contributed by atoms with Crippen LogP contribution in [-0.2, 0) is 0 Å². The van der Waals surface area contributed by atoms with Gasteiger partial charge in [0.25, 0.3) is 0 Å². The van der Waals surface area contributed by atoms with Gasteiger partial charge in [-0.15, -0.1) is 24.0 Å². The van der Waals surface area contributed by atoms with Crippen molar-refractivity contribution in [2.24, 2.45) is 0 Å². The van der Waals surface area contributed by atoms with Gasteiger partial charge >= 0.3 is 202 Å². The van der Waals surface area contributed by atoms with Gasteiger partial charge in [0, 0.05) is 0 Å². The van der Waals surface area contributed by atoms with Gasteiger partial charge in [-0.25, -0.2) is 0 Å². The molecule has 0 bridgehead atoms. The molecule has 1 heterocycles. The van der Waals surface area contributed by atoms with Gasteiger partial charge in [0.1, 0.15) is 0 Å². The van der Waals surface area contributed by atoms with Gasteiger partial charge in [-0.05, 0) is 0 Å². The molecular weight excluding hydrogens is 588 g/mol. The number of unbranched alkanes of at least 4 members (excludes halogenated alkanes) is 2. The van der Waals surface area contributed by atoms with Crippen LogP contribution in [0.1, 0.15) is 66.2 Å². The van der Waals surface area contributed by atoms with E-state index >= 15 is 0 Å². The summed E-state index contributed by atoms with van der Waals surface area (Å²) in [7, 11) is 1.79. The van der Waals surface area contributed by atoms with Gasteiger partial charge in [0.15, 0.2) is 0 Å². The molecule has 3 rings (SSSR count). The van der Waals surface area contributed by atoms with Crippen LogP contribution in [0.25, 0.3) is 0 Å². The molecule has 0 saturated carbocycles. The second-order valence-corrected chi connectivity index (χ2v) is 10.9. The summed E-state index contributed by atoms with van der Waals surface area (Å²) in [4.78, 5) is 5.09. The minimum atomic E-state index is 0. The minimum Gasteiger partial charge on any atom is -0.107 e. The van der Waals surface area contributed by atoms with Crippen molar-refractivity contribution in [3.8, 4) is 5.75 Å². The number of nitrogens with one attached hydrogen (secondary N) is 1. The molecule has 2 aromatic rings. The Kier molecular flexibility index (Phi) is 12.2. The van der Waals surface area contributed by atoms with E-state index in [1.54, 1.807) is 7.11 Å². The molecule has 0 unspecified atom stereocenters. The molecule has 0 saturated heterocycles. The SMILES string of the molecule is CCCCN(CCCC)c1cc(OC)c2c(c1)[Se]c1cc(N(CCC)CCC)ccc1N2.I. The van der Waals surface area contributed by atoms with Crippen LogP contribution in [0, 0.1) is 0 Å². The smallest absolute Gasteiger partial charge is 0.107 e. The zero-order valence-corrected chi connectivity index (χ0v) is 25.1. The Bertz CT molecular complexity index is 863. The fourth-order valence-corrected chi connectivity index (χ4v) is 6.51. The molecule has 0 aliphatic carbocycles. The first-order chi connectivity index (χ1) is 15.6. The van der Waals surface area contributed by atoms with Gasteiger partial charge < -0.3 is 0 Å². The summed E-state index contributed by atoms with van der Waals surface area (Å²) in [6.07, 6.45) is 7.24. The molecule has 0 fully saturated rings. The number of halogens is 1. The van der Waals surface area contributed by atoms with Crippen molar-refractivity contribution in [2.75, 3.05) is 48.4 Å². The zero-order valence-electron chi connectivity index (χ0n) is 21.1. The van der Waals surface area contributed by atoms with Crippen molar-refractivity contribution in [2.45, 2.75) is 66.2 Å². The van der Waals surface area contributed by atoms with Crippen molar-refractivity contribution in [3.63, 3.8) is 0 Å². The van der Waals surface area contributed by atoms with Gasteiger partial charge in [-0.2, -0.15) is 0 Å². The first-order valence-electron chi connectivity index (χ1n) is 12.5. The molecule has 1 aliphatic heterocycles.